The summed E-state index contributed by atoms with van der Waals surface area (Å²) in [6.45, 7) is 1.48. The Hall–Kier alpha value is -2.28. The number of anilines is 2. The normalized spacial score (nSPS) is 11.7. The first-order chi connectivity index (χ1) is 12.2. The third kappa shape index (κ3) is 5.85. The molecule has 0 atom stereocenters. The second kappa shape index (κ2) is 10.8. The Kier molecular flexibility index (Phi) is 9.08. The van der Waals surface area contributed by atoms with E-state index < -0.39 is 0 Å². The highest BCUT2D eigenvalue weighted by molar-refractivity contribution is 5.95. The fourth-order valence-corrected chi connectivity index (χ4v) is 3.00. The van der Waals surface area contributed by atoms with Crippen molar-refractivity contribution >= 4 is 48.0 Å². The van der Waals surface area contributed by atoms with E-state index in [2.05, 4.69) is 33.7 Å². The summed E-state index contributed by atoms with van der Waals surface area (Å²) in [4.78, 5) is 25.5. The molecule has 1 aliphatic heterocycles. The monoisotopic (exact) mass is 410 g/mol. The first kappa shape index (κ1) is 22.8. The van der Waals surface area contributed by atoms with Crippen LogP contribution in [0.5, 0.6) is 0 Å². The summed E-state index contributed by atoms with van der Waals surface area (Å²) < 4.78 is 0. The third-order valence-electron chi connectivity index (χ3n) is 4.27. The van der Waals surface area contributed by atoms with E-state index in [1.807, 2.05) is 30.3 Å². The molecule has 3 rings (SSSR count). The zero-order chi connectivity index (χ0) is 17.6. The molecule has 0 saturated heterocycles. The Labute approximate surface area is 171 Å². The van der Waals surface area contributed by atoms with E-state index in [-0.39, 0.29) is 49.7 Å². The Morgan fingerprint density at radius 1 is 1.00 bits per heavy atom. The summed E-state index contributed by atoms with van der Waals surface area (Å²) in [6, 6.07) is 16.1. The third-order valence-corrected chi connectivity index (χ3v) is 4.27. The number of rotatable bonds is 6. The van der Waals surface area contributed by atoms with Crippen LogP contribution in [0.25, 0.3) is 0 Å². The van der Waals surface area contributed by atoms with E-state index in [0.717, 1.165) is 30.8 Å². The van der Waals surface area contributed by atoms with E-state index >= 15 is 0 Å². The van der Waals surface area contributed by atoms with E-state index in [1.54, 1.807) is 0 Å². The number of amides is 2. The summed E-state index contributed by atoms with van der Waals surface area (Å²) in [6.07, 6.45) is 1.04. The van der Waals surface area contributed by atoms with Crippen LogP contribution in [0.3, 0.4) is 0 Å². The molecule has 1 aliphatic rings. The lowest BCUT2D eigenvalue weighted by Gasteiger charge is -2.21. The summed E-state index contributed by atoms with van der Waals surface area (Å²) in [7, 11) is 0. The predicted octanol–water partition coefficient (Wildman–Crippen LogP) is 2.11. The largest absolute Gasteiger partial charge is 0.367 e. The number of carbonyl (C=O) groups excluding carboxylic acids is 2. The van der Waals surface area contributed by atoms with Crippen molar-refractivity contribution in [1.29, 1.82) is 0 Å². The van der Waals surface area contributed by atoms with E-state index in [4.69, 9.17) is 5.73 Å². The number of carbonyl (C=O) groups is 2. The zero-order valence-corrected chi connectivity index (χ0v) is 16.4. The molecule has 4 N–H and O–H groups in total. The molecule has 1 heterocycles. The molecule has 146 valence electrons. The van der Waals surface area contributed by atoms with E-state index in [1.165, 1.54) is 11.3 Å². The summed E-state index contributed by atoms with van der Waals surface area (Å²) in [5.41, 5.74) is 9.62. The average Bonchev–Trinajstić information content (AvgIpc) is 3.04. The highest BCUT2D eigenvalue weighted by Gasteiger charge is 2.19. The Balaban J connectivity index is 0.00000182. The number of hydrogen-bond acceptors (Lipinski definition) is 4. The van der Waals surface area contributed by atoms with Gasteiger partial charge in [0.05, 0.1) is 13.1 Å². The van der Waals surface area contributed by atoms with Crippen molar-refractivity contribution < 1.29 is 9.59 Å². The van der Waals surface area contributed by atoms with Gasteiger partial charge in [0, 0.05) is 24.5 Å². The first-order valence-electron chi connectivity index (χ1n) is 8.35. The quantitative estimate of drug-likeness (QED) is 0.680. The fourth-order valence-electron chi connectivity index (χ4n) is 3.00. The molecule has 0 bridgehead atoms. The smallest absolute Gasteiger partial charge is 0.243 e. The van der Waals surface area contributed by atoms with Gasteiger partial charge in [-0.1, -0.05) is 36.4 Å². The molecule has 0 unspecified atom stereocenters. The number of nitrogens with two attached hydrogens (primary N) is 1. The van der Waals surface area contributed by atoms with Gasteiger partial charge >= 0.3 is 0 Å². The van der Waals surface area contributed by atoms with Gasteiger partial charge in [-0.3, -0.25) is 9.59 Å². The number of para-hydroxylation sites is 2. The molecule has 6 nitrogen and oxygen atoms in total. The van der Waals surface area contributed by atoms with E-state index in [0.29, 0.717) is 0 Å². The van der Waals surface area contributed by atoms with Crippen molar-refractivity contribution in [2.24, 2.45) is 5.73 Å². The van der Waals surface area contributed by atoms with Crippen LogP contribution < -0.4 is 21.3 Å². The van der Waals surface area contributed by atoms with Crippen LogP contribution in [0.2, 0.25) is 0 Å². The van der Waals surface area contributed by atoms with Crippen LogP contribution in [-0.2, 0) is 22.6 Å². The molecule has 0 fully saturated rings. The molecule has 0 spiro atoms. The highest BCUT2D eigenvalue weighted by atomic mass is 35.5. The Bertz CT molecular complexity index is 786. The van der Waals surface area contributed by atoms with Crippen molar-refractivity contribution in [3.8, 4) is 0 Å². The SMILES string of the molecule is Cl.Cl.NCC(=O)NCC(=O)Nc1ccccc1CN1CCc2ccccc21. The molecule has 0 radical (unpaired) electrons. The number of hydrogen-bond donors (Lipinski definition) is 3. The van der Waals surface area contributed by atoms with Gasteiger partial charge in [-0.2, -0.15) is 0 Å². The van der Waals surface area contributed by atoms with Gasteiger partial charge in [0.25, 0.3) is 0 Å². The molecule has 2 amide bonds. The van der Waals surface area contributed by atoms with E-state index in [9.17, 15) is 9.59 Å². The minimum Gasteiger partial charge on any atom is -0.367 e. The topological polar surface area (TPSA) is 87.5 Å². The van der Waals surface area contributed by atoms with Crippen LogP contribution in [0.1, 0.15) is 11.1 Å². The van der Waals surface area contributed by atoms with Crippen molar-refractivity contribution in [3.63, 3.8) is 0 Å². The van der Waals surface area contributed by atoms with Crippen LogP contribution >= 0.6 is 24.8 Å². The van der Waals surface area contributed by atoms with Crippen molar-refractivity contribution in [3.05, 3.63) is 59.7 Å². The number of halogens is 2. The van der Waals surface area contributed by atoms with Crippen LogP contribution in [0, 0.1) is 0 Å². The van der Waals surface area contributed by atoms with Gasteiger partial charge < -0.3 is 21.3 Å². The fraction of sp³-hybridized carbons (Fsp3) is 0.263. The molecule has 0 saturated carbocycles. The van der Waals surface area contributed by atoms with Crippen LogP contribution in [-0.4, -0.2) is 31.4 Å². The Morgan fingerprint density at radius 3 is 2.48 bits per heavy atom. The molecule has 0 aliphatic carbocycles. The van der Waals surface area contributed by atoms with Crippen LogP contribution in [0.4, 0.5) is 11.4 Å². The van der Waals surface area contributed by atoms with Gasteiger partial charge in [0.1, 0.15) is 0 Å². The minimum atomic E-state index is -0.350. The minimum absolute atomic E-state index is 0. The molecule has 27 heavy (non-hydrogen) atoms. The maximum absolute atomic E-state index is 12.0. The average molecular weight is 411 g/mol. The van der Waals surface area contributed by atoms with Gasteiger partial charge in [0.2, 0.25) is 11.8 Å². The van der Waals surface area contributed by atoms with Gasteiger partial charge in [0.15, 0.2) is 0 Å². The van der Waals surface area contributed by atoms with Gasteiger partial charge in [-0.15, -0.1) is 24.8 Å². The lowest BCUT2D eigenvalue weighted by atomic mass is 10.1. The van der Waals surface area contributed by atoms with Gasteiger partial charge in [-0.25, -0.2) is 0 Å². The van der Waals surface area contributed by atoms with Crippen molar-refractivity contribution in [1.82, 2.24) is 5.32 Å². The number of nitrogens with zero attached hydrogens (tertiary/aromatic N) is 1. The second-order valence-electron chi connectivity index (χ2n) is 5.99. The number of nitrogens with one attached hydrogen (secondary N) is 2. The summed E-state index contributed by atoms with van der Waals surface area (Å²) >= 11 is 0. The maximum Gasteiger partial charge on any atom is 0.243 e. The zero-order valence-electron chi connectivity index (χ0n) is 14.8. The first-order valence-corrected chi connectivity index (χ1v) is 8.35. The van der Waals surface area contributed by atoms with Gasteiger partial charge in [-0.05, 0) is 29.7 Å². The molecule has 0 aromatic heterocycles. The maximum atomic E-state index is 12.0. The van der Waals surface area contributed by atoms with Crippen molar-refractivity contribution in [2.45, 2.75) is 13.0 Å². The molecule has 2 aromatic rings. The molecular weight excluding hydrogens is 387 g/mol. The Morgan fingerprint density at radius 2 is 1.70 bits per heavy atom. The highest BCUT2D eigenvalue weighted by Crippen LogP contribution is 2.30. The van der Waals surface area contributed by atoms with Crippen molar-refractivity contribution in [2.75, 3.05) is 29.9 Å². The lowest BCUT2D eigenvalue weighted by molar-refractivity contribution is -0.123. The molecular formula is C19H24Cl2N4O2. The second-order valence-corrected chi connectivity index (χ2v) is 5.99. The number of fused-ring (bicyclic) bond motifs is 1. The molecule has 8 heteroatoms. The predicted molar refractivity (Wildman–Crippen MR) is 113 cm³/mol. The molecule has 2 aromatic carbocycles. The summed E-state index contributed by atoms with van der Waals surface area (Å²) in [5, 5.41) is 5.34. The number of benzene rings is 2. The van der Waals surface area contributed by atoms with Crippen LogP contribution in [0.15, 0.2) is 48.5 Å². The summed E-state index contributed by atoms with van der Waals surface area (Å²) in [5.74, 6) is -0.617. The standard InChI is InChI=1S/C19H22N4O2.2ClH/c20-11-18(24)21-12-19(25)22-16-7-3-1-6-15(16)13-23-10-9-14-5-2-4-8-17(14)23;;/h1-8H,9-13,20H2,(H,21,24)(H,22,25);2*1H. The lowest BCUT2D eigenvalue weighted by Crippen LogP contribution is -2.36.